The fourth-order valence-corrected chi connectivity index (χ4v) is 4.14. The lowest BCUT2D eigenvalue weighted by Gasteiger charge is -2.19. The van der Waals surface area contributed by atoms with Gasteiger partial charge in [-0.15, -0.1) is 0 Å². The standard InChI is InChI=1S/C25H24F2N4O5/c1-3-31-23(33)20(12-13-28-31)30-14-19(15-4-8-17(35-2)9-5-15)21(24(30)34)29-22(32)16-6-10-18(11-7-16)36-25(26)27/h4-13,19,21,25H,3,14H2,1-2H3,(H,29,32)/t19-,21-/m0/s1. The summed E-state index contributed by atoms with van der Waals surface area (Å²) >= 11 is 0. The summed E-state index contributed by atoms with van der Waals surface area (Å²) in [5.74, 6) is -0.959. The average Bonchev–Trinajstić information content (AvgIpc) is 3.19. The van der Waals surface area contributed by atoms with E-state index in [1.807, 2.05) is 0 Å². The van der Waals surface area contributed by atoms with Gasteiger partial charge in [-0.05, 0) is 55.0 Å². The first kappa shape index (κ1) is 24.8. The summed E-state index contributed by atoms with van der Waals surface area (Å²) in [6, 6.07) is 12.7. The molecule has 2 heterocycles. The molecule has 11 heteroatoms. The summed E-state index contributed by atoms with van der Waals surface area (Å²) in [5.41, 5.74) is 0.681. The van der Waals surface area contributed by atoms with Gasteiger partial charge in [-0.2, -0.15) is 13.9 Å². The predicted octanol–water partition coefficient (Wildman–Crippen LogP) is 2.80. The molecule has 1 aliphatic heterocycles. The van der Waals surface area contributed by atoms with Crippen LogP contribution in [-0.4, -0.2) is 47.9 Å². The van der Waals surface area contributed by atoms with Crippen LogP contribution in [0, 0.1) is 0 Å². The van der Waals surface area contributed by atoms with E-state index in [0.717, 1.165) is 5.56 Å². The van der Waals surface area contributed by atoms with Gasteiger partial charge < -0.3 is 19.7 Å². The summed E-state index contributed by atoms with van der Waals surface area (Å²) in [4.78, 5) is 40.7. The molecule has 2 aromatic carbocycles. The number of aryl methyl sites for hydroxylation is 1. The molecule has 0 unspecified atom stereocenters. The van der Waals surface area contributed by atoms with Crippen LogP contribution < -0.4 is 25.2 Å². The van der Waals surface area contributed by atoms with Gasteiger partial charge in [0, 0.05) is 30.8 Å². The number of alkyl halides is 2. The molecule has 0 aliphatic carbocycles. The van der Waals surface area contributed by atoms with Crippen LogP contribution in [0.15, 0.2) is 65.6 Å². The van der Waals surface area contributed by atoms with Crippen molar-refractivity contribution in [2.75, 3.05) is 18.6 Å². The highest BCUT2D eigenvalue weighted by Crippen LogP contribution is 2.32. The Bertz CT molecular complexity index is 1300. The first-order valence-corrected chi connectivity index (χ1v) is 11.2. The Labute approximate surface area is 205 Å². The lowest BCUT2D eigenvalue weighted by Crippen LogP contribution is -2.44. The number of anilines is 1. The molecule has 0 radical (unpaired) electrons. The highest BCUT2D eigenvalue weighted by molar-refractivity contribution is 6.04. The van der Waals surface area contributed by atoms with Gasteiger partial charge in [-0.25, -0.2) is 4.68 Å². The minimum Gasteiger partial charge on any atom is -0.497 e. The van der Waals surface area contributed by atoms with Gasteiger partial charge in [-0.3, -0.25) is 14.4 Å². The minimum atomic E-state index is -2.98. The first-order valence-electron chi connectivity index (χ1n) is 11.2. The molecule has 0 bridgehead atoms. The molecular weight excluding hydrogens is 474 g/mol. The Morgan fingerprint density at radius 3 is 2.36 bits per heavy atom. The molecule has 36 heavy (non-hydrogen) atoms. The third-order valence-electron chi connectivity index (χ3n) is 5.97. The molecule has 3 aromatic rings. The summed E-state index contributed by atoms with van der Waals surface area (Å²) in [7, 11) is 1.54. The Kier molecular flexibility index (Phi) is 7.28. The van der Waals surface area contributed by atoms with Gasteiger partial charge in [0.15, 0.2) is 0 Å². The number of hydrogen-bond acceptors (Lipinski definition) is 6. The van der Waals surface area contributed by atoms with E-state index in [0.29, 0.717) is 12.3 Å². The predicted molar refractivity (Wildman–Crippen MR) is 127 cm³/mol. The maximum absolute atomic E-state index is 13.5. The fourth-order valence-electron chi connectivity index (χ4n) is 4.14. The molecular formula is C25H24F2N4O5. The van der Waals surface area contributed by atoms with Gasteiger partial charge in [0.05, 0.1) is 7.11 Å². The van der Waals surface area contributed by atoms with Crippen molar-refractivity contribution < 1.29 is 27.8 Å². The second-order valence-corrected chi connectivity index (χ2v) is 8.02. The van der Waals surface area contributed by atoms with Crippen molar-refractivity contribution in [2.24, 2.45) is 0 Å². The highest BCUT2D eigenvalue weighted by Gasteiger charge is 2.43. The number of benzene rings is 2. The molecule has 1 saturated heterocycles. The number of methoxy groups -OCH3 is 1. The zero-order valence-corrected chi connectivity index (χ0v) is 19.6. The van der Waals surface area contributed by atoms with Crippen molar-refractivity contribution in [3.8, 4) is 11.5 Å². The van der Waals surface area contributed by atoms with Crippen molar-refractivity contribution in [3.05, 3.63) is 82.3 Å². The number of rotatable bonds is 8. The van der Waals surface area contributed by atoms with Crippen molar-refractivity contribution in [1.82, 2.24) is 15.1 Å². The average molecular weight is 498 g/mol. The molecule has 1 fully saturated rings. The van der Waals surface area contributed by atoms with Gasteiger partial charge in [0.2, 0.25) is 5.91 Å². The van der Waals surface area contributed by atoms with Crippen LogP contribution in [0.2, 0.25) is 0 Å². The largest absolute Gasteiger partial charge is 0.497 e. The van der Waals surface area contributed by atoms with E-state index >= 15 is 0 Å². The number of aromatic nitrogens is 2. The lowest BCUT2D eigenvalue weighted by molar-refractivity contribution is -0.118. The number of carbonyl (C=O) groups is 2. The van der Waals surface area contributed by atoms with Gasteiger partial charge in [0.1, 0.15) is 23.2 Å². The number of halogens is 2. The molecule has 1 aromatic heterocycles. The van der Waals surface area contributed by atoms with E-state index in [1.165, 1.54) is 46.1 Å². The molecule has 4 rings (SSSR count). The molecule has 0 saturated carbocycles. The van der Waals surface area contributed by atoms with E-state index in [9.17, 15) is 23.2 Å². The number of nitrogens with one attached hydrogen (secondary N) is 1. The van der Waals surface area contributed by atoms with Crippen LogP contribution in [0.4, 0.5) is 14.5 Å². The Hall–Kier alpha value is -4.28. The lowest BCUT2D eigenvalue weighted by atomic mass is 9.93. The monoisotopic (exact) mass is 498 g/mol. The van der Waals surface area contributed by atoms with Crippen LogP contribution in [0.1, 0.15) is 28.8 Å². The Morgan fingerprint density at radius 1 is 1.08 bits per heavy atom. The van der Waals surface area contributed by atoms with Crippen LogP contribution >= 0.6 is 0 Å². The molecule has 1 aliphatic rings. The van der Waals surface area contributed by atoms with E-state index in [-0.39, 0.29) is 23.5 Å². The van der Waals surface area contributed by atoms with Gasteiger partial charge >= 0.3 is 6.61 Å². The molecule has 2 amide bonds. The SMILES string of the molecule is CCn1nccc(N2C[C@@H](c3ccc(OC)cc3)[C@H](NC(=O)c3ccc(OC(F)F)cc3)C2=O)c1=O. The number of ether oxygens (including phenoxy) is 2. The Balaban J connectivity index is 1.65. The van der Waals surface area contributed by atoms with E-state index < -0.39 is 35.9 Å². The Morgan fingerprint density at radius 2 is 1.75 bits per heavy atom. The number of nitrogens with zero attached hydrogens (tertiary/aromatic N) is 3. The summed E-state index contributed by atoms with van der Waals surface area (Å²) in [6.07, 6.45) is 1.45. The molecule has 1 N–H and O–H groups in total. The zero-order chi connectivity index (χ0) is 25.8. The minimum absolute atomic E-state index is 0.0920. The molecule has 2 atom stereocenters. The smallest absolute Gasteiger partial charge is 0.387 e. The number of hydrogen-bond donors (Lipinski definition) is 1. The summed E-state index contributed by atoms with van der Waals surface area (Å²) in [5, 5.41) is 6.76. The molecule has 0 spiro atoms. The maximum Gasteiger partial charge on any atom is 0.387 e. The van der Waals surface area contributed by atoms with E-state index in [2.05, 4.69) is 15.2 Å². The first-order chi connectivity index (χ1) is 17.3. The van der Waals surface area contributed by atoms with Crippen LogP contribution in [-0.2, 0) is 11.3 Å². The van der Waals surface area contributed by atoms with Crippen molar-refractivity contribution >= 4 is 17.5 Å². The topological polar surface area (TPSA) is 103 Å². The van der Waals surface area contributed by atoms with Crippen molar-refractivity contribution in [3.63, 3.8) is 0 Å². The zero-order valence-electron chi connectivity index (χ0n) is 19.6. The number of carbonyl (C=O) groups excluding carboxylic acids is 2. The van der Waals surface area contributed by atoms with Crippen LogP contribution in [0.5, 0.6) is 11.5 Å². The third kappa shape index (κ3) is 5.04. The van der Waals surface area contributed by atoms with Crippen LogP contribution in [0.3, 0.4) is 0 Å². The maximum atomic E-state index is 13.5. The highest BCUT2D eigenvalue weighted by atomic mass is 19.3. The van der Waals surface area contributed by atoms with Crippen molar-refractivity contribution in [2.45, 2.75) is 32.0 Å². The molecule has 188 valence electrons. The summed E-state index contributed by atoms with van der Waals surface area (Å²) in [6.45, 7) is -0.727. The van der Waals surface area contributed by atoms with E-state index in [4.69, 9.17) is 4.74 Å². The van der Waals surface area contributed by atoms with Gasteiger partial charge in [0.25, 0.3) is 11.5 Å². The second-order valence-electron chi connectivity index (χ2n) is 8.02. The van der Waals surface area contributed by atoms with E-state index in [1.54, 1.807) is 38.3 Å². The number of amides is 2. The normalized spacial score (nSPS) is 17.4. The fraction of sp³-hybridized carbons (Fsp3) is 0.280. The second kappa shape index (κ2) is 10.5. The van der Waals surface area contributed by atoms with Crippen LogP contribution in [0.25, 0.3) is 0 Å². The molecule has 9 nitrogen and oxygen atoms in total. The van der Waals surface area contributed by atoms with Crippen molar-refractivity contribution in [1.29, 1.82) is 0 Å². The van der Waals surface area contributed by atoms with Gasteiger partial charge in [-0.1, -0.05) is 12.1 Å². The summed E-state index contributed by atoms with van der Waals surface area (Å²) < 4.78 is 35.6. The third-order valence-corrected chi connectivity index (χ3v) is 5.97. The quantitative estimate of drug-likeness (QED) is 0.513.